The number of benzene rings is 2. The first-order chi connectivity index (χ1) is 16.1. The quantitative estimate of drug-likeness (QED) is 0.526. The van der Waals surface area contributed by atoms with Crippen molar-refractivity contribution in [2.75, 3.05) is 43.0 Å². The Morgan fingerprint density at radius 3 is 2.55 bits per heavy atom. The van der Waals surface area contributed by atoms with E-state index < -0.39 is 0 Å². The molecule has 33 heavy (non-hydrogen) atoms. The summed E-state index contributed by atoms with van der Waals surface area (Å²) in [5.41, 5.74) is 2.89. The van der Waals surface area contributed by atoms with E-state index in [0.29, 0.717) is 19.0 Å². The van der Waals surface area contributed by atoms with Crippen molar-refractivity contribution in [3.8, 4) is 11.1 Å². The molecule has 0 aliphatic carbocycles. The van der Waals surface area contributed by atoms with Gasteiger partial charge in [0.15, 0.2) is 0 Å². The highest BCUT2D eigenvalue weighted by molar-refractivity contribution is 5.79. The molecule has 0 saturated carbocycles. The largest absolute Gasteiger partial charge is 0.375 e. The second kappa shape index (κ2) is 10.9. The van der Waals surface area contributed by atoms with Gasteiger partial charge in [0.1, 0.15) is 5.82 Å². The first-order valence-corrected chi connectivity index (χ1v) is 11.5. The van der Waals surface area contributed by atoms with Crippen LogP contribution in [0.15, 0.2) is 67.0 Å². The van der Waals surface area contributed by atoms with Crippen molar-refractivity contribution in [3.05, 3.63) is 72.8 Å². The number of carbonyl (C=O) groups is 1. The first kappa shape index (κ1) is 22.7. The minimum absolute atomic E-state index is 0.0639. The number of para-hydroxylation sites is 1. The summed E-state index contributed by atoms with van der Waals surface area (Å²) in [4.78, 5) is 26.0. The number of rotatable bonds is 8. The topological polar surface area (TPSA) is 61.4 Å². The number of halogens is 1. The van der Waals surface area contributed by atoms with E-state index in [1.54, 1.807) is 24.5 Å². The summed E-state index contributed by atoms with van der Waals surface area (Å²) < 4.78 is 13.1. The highest BCUT2D eigenvalue weighted by Gasteiger charge is 2.27. The van der Waals surface area contributed by atoms with Crippen LogP contribution in [0.4, 0.5) is 16.0 Å². The third-order valence-corrected chi connectivity index (χ3v) is 6.06. The monoisotopic (exact) mass is 447 g/mol. The van der Waals surface area contributed by atoms with Crippen LogP contribution in [0.5, 0.6) is 0 Å². The molecule has 7 heteroatoms. The number of piperidine rings is 1. The van der Waals surface area contributed by atoms with Gasteiger partial charge in [-0.05, 0) is 49.1 Å². The van der Waals surface area contributed by atoms with Gasteiger partial charge in [0.25, 0.3) is 0 Å². The van der Waals surface area contributed by atoms with Crippen LogP contribution < -0.4 is 15.1 Å². The second-order valence-electron chi connectivity index (χ2n) is 8.47. The van der Waals surface area contributed by atoms with Gasteiger partial charge in [-0.25, -0.2) is 14.4 Å². The fourth-order valence-electron chi connectivity index (χ4n) is 4.13. The lowest BCUT2D eigenvalue weighted by Crippen LogP contribution is -2.44. The maximum absolute atomic E-state index is 13.1. The van der Waals surface area contributed by atoms with Crippen LogP contribution in [0.3, 0.4) is 0 Å². The number of hydrogen-bond acceptors (Lipinski definition) is 5. The first-order valence-electron chi connectivity index (χ1n) is 11.5. The summed E-state index contributed by atoms with van der Waals surface area (Å²) >= 11 is 0. The molecule has 2 aromatic carbocycles. The maximum atomic E-state index is 13.1. The minimum atomic E-state index is -0.267. The van der Waals surface area contributed by atoms with E-state index in [9.17, 15) is 9.18 Å². The zero-order valence-electron chi connectivity index (χ0n) is 19.0. The Morgan fingerprint density at radius 2 is 1.82 bits per heavy atom. The molecule has 0 unspecified atom stereocenters. The lowest BCUT2D eigenvalue weighted by Gasteiger charge is -2.32. The molecule has 6 nitrogen and oxygen atoms in total. The van der Waals surface area contributed by atoms with Crippen molar-refractivity contribution in [2.24, 2.45) is 5.92 Å². The van der Waals surface area contributed by atoms with E-state index in [2.05, 4.69) is 44.3 Å². The number of amides is 1. The Balaban J connectivity index is 1.25. The molecular formula is C26H30FN5O. The van der Waals surface area contributed by atoms with Crippen LogP contribution in [-0.2, 0) is 4.79 Å². The number of aromatic nitrogens is 2. The molecular weight excluding hydrogens is 417 g/mol. The van der Waals surface area contributed by atoms with Gasteiger partial charge in [0.2, 0.25) is 11.9 Å². The number of carbonyl (C=O) groups excluding carboxylic acids is 1. The zero-order chi connectivity index (χ0) is 23.0. The van der Waals surface area contributed by atoms with Crippen LogP contribution in [0.2, 0.25) is 0 Å². The van der Waals surface area contributed by atoms with Gasteiger partial charge in [-0.3, -0.25) is 4.79 Å². The average Bonchev–Trinajstić information content (AvgIpc) is 2.87. The normalized spacial score (nSPS) is 15.8. The Labute approximate surface area is 194 Å². The summed E-state index contributed by atoms with van der Waals surface area (Å²) in [5.74, 6) is 0.399. The smallest absolute Gasteiger partial charge is 0.225 e. The molecule has 0 spiro atoms. The molecule has 1 atom stereocenters. The molecule has 1 saturated heterocycles. The zero-order valence-corrected chi connectivity index (χ0v) is 19.0. The predicted octanol–water partition coefficient (Wildman–Crippen LogP) is 4.14. The van der Waals surface area contributed by atoms with Crippen LogP contribution in [0, 0.1) is 11.7 Å². The molecule has 1 amide bonds. The highest BCUT2D eigenvalue weighted by Crippen LogP contribution is 2.23. The predicted molar refractivity (Wildman–Crippen MR) is 130 cm³/mol. The molecule has 1 N–H and O–H groups in total. The van der Waals surface area contributed by atoms with Crippen molar-refractivity contribution >= 4 is 17.5 Å². The van der Waals surface area contributed by atoms with Crippen molar-refractivity contribution < 1.29 is 9.18 Å². The third-order valence-electron chi connectivity index (χ3n) is 6.06. The fraction of sp³-hybridized carbons (Fsp3) is 0.346. The van der Waals surface area contributed by atoms with E-state index in [1.165, 1.54) is 17.8 Å². The Kier molecular flexibility index (Phi) is 7.50. The van der Waals surface area contributed by atoms with E-state index in [1.807, 2.05) is 18.2 Å². The lowest BCUT2D eigenvalue weighted by atomic mass is 9.97. The van der Waals surface area contributed by atoms with Gasteiger partial charge < -0.3 is 15.1 Å². The molecule has 1 fully saturated rings. The molecule has 1 aromatic heterocycles. The number of nitrogens with zero attached hydrogens (tertiary/aromatic N) is 4. The van der Waals surface area contributed by atoms with E-state index >= 15 is 0 Å². The van der Waals surface area contributed by atoms with Crippen LogP contribution in [-0.4, -0.2) is 49.1 Å². The SMILES string of the molecule is CN(CCCNC(=O)[C@H]1CCCN(c2ncc(-c3ccc(F)cc3)cn2)C1)c1ccccc1. The summed E-state index contributed by atoms with van der Waals surface area (Å²) in [7, 11) is 2.07. The van der Waals surface area contributed by atoms with Crippen molar-refractivity contribution in [3.63, 3.8) is 0 Å². The maximum Gasteiger partial charge on any atom is 0.225 e. The molecule has 1 aliphatic rings. The van der Waals surface area contributed by atoms with Gasteiger partial charge in [-0.15, -0.1) is 0 Å². The fourth-order valence-corrected chi connectivity index (χ4v) is 4.13. The van der Waals surface area contributed by atoms with Gasteiger partial charge in [0, 0.05) is 56.9 Å². The summed E-state index contributed by atoms with van der Waals surface area (Å²) in [5, 5.41) is 3.10. The van der Waals surface area contributed by atoms with Crippen molar-refractivity contribution in [1.29, 1.82) is 0 Å². The number of hydrogen-bond donors (Lipinski definition) is 1. The standard InChI is InChI=1S/C26H30FN5O/c1-31(24-8-3-2-4-9-24)15-6-14-28-25(33)21-7-5-16-32(19-21)26-29-17-22(18-30-26)20-10-12-23(27)13-11-20/h2-4,8-13,17-18,21H,5-7,14-16,19H2,1H3,(H,28,33)/t21-/m0/s1. The molecule has 2 heterocycles. The van der Waals surface area contributed by atoms with E-state index in [0.717, 1.165) is 43.5 Å². The molecule has 0 radical (unpaired) electrons. The van der Waals surface area contributed by atoms with Crippen LogP contribution >= 0.6 is 0 Å². The molecule has 3 aromatic rings. The Bertz CT molecular complexity index is 1030. The highest BCUT2D eigenvalue weighted by atomic mass is 19.1. The van der Waals surface area contributed by atoms with Crippen molar-refractivity contribution in [2.45, 2.75) is 19.3 Å². The van der Waals surface area contributed by atoms with E-state index in [-0.39, 0.29) is 17.6 Å². The van der Waals surface area contributed by atoms with Crippen LogP contribution in [0.25, 0.3) is 11.1 Å². The van der Waals surface area contributed by atoms with Crippen LogP contribution in [0.1, 0.15) is 19.3 Å². The van der Waals surface area contributed by atoms with Gasteiger partial charge in [0.05, 0.1) is 5.92 Å². The number of anilines is 2. The molecule has 4 rings (SSSR count). The minimum Gasteiger partial charge on any atom is -0.375 e. The summed E-state index contributed by atoms with van der Waals surface area (Å²) in [6.07, 6.45) is 6.20. The van der Waals surface area contributed by atoms with Crippen molar-refractivity contribution in [1.82, 2.24) is 15.3 Å². The Hall–Kier alpha value is -3.48. The summed E-state index contributed by atoms with van der Waals surface area (Å²) in [6, 6.07) is 16.5. The lowest BCUT2D eigenvalue weighted by molar-refractivity contribution is -0.125. The molecule has 0 bridgehead atoms. The van der Waals surface area contributed by atoms with Gasteiger partial charge in [-0.1, -0.05) is 30.3 Å². The Morgan fingerprint density at radius 1 is 1.09 bits per heavy atom. The molecule has 172 valence electrons. The third kappa shape index (κ3) is 6.06. The second-order valence-corrected chi connectivity index (χ2v) is 8.47. The summed E-state index contributed by atoms with van der Waals surface area (Å²) in [6.45, 7) is 3.00. The van der Waals surface area contributed by atoms with E-state index in [4.69, 9.17) is 0 Å². The average molecular weight is 448 g/mol. The van der Waals surface area contributed by atoms with Gasteiger partial charge in [-0.2, -0.15) is 0 Å². The van der Waals surface area contributed by atoms with Gasteiger partial charge >= 0.3 is 0 Å². The molecule has 1 aliphatic heterocycles. The number of nitrogens with one attached hydrogen (secondary N) is 1.